The van der Waals surface area contributed by atoms with Crippen LogP contribution in [0.4, 0.5) is 5.69 Å². The number of aromatic amines is 1. The molecule has 0 unspecified atom stereocenters. The van der Waals surface area contributed by atoms with Crippen molar-refractivity contribution in [2.75, 3.05) is 12.4 Å². The molecule has 2 aromatic carbocycles. The summed E-state index contributed by atoms with van der Waals surface area (Å²) in [6.45, 7) is 5.76. The van der Waals surface area contributed by atoms with Crippen LogP contribution in [0.1, 0.15) is 27.5 Å². The van der Waals surface area contributed by atoms with E-state index in [1.165, 1.54) is 0 Å². The third-order valence-corrected chi connectivity index (χ3v) is 4.81. The minimum absolute atomic E-state index is 0.232. The number of hydrogen-bond acceptors (Lipinski definition) is 5. The van der Waals surface area contributed by atoms with E-state index in [2.05, 4.69) is 20.5 Å². The molecule has 4 rings (SSSR count). The molecule has 0 saturated heterocycles. The van der Waals surface area contributed by atoms with Crippen molar-refractivity contribution >= 4 is 22.5 Å². The molecule has 0 bridgehead atoms. The minimum Gasteiger partial charge on any atom is -0.495 e. The number of amides is 1. The minimum atomic E-state index is -0.232. The summed E-state index contributed by atoms with van der Waals surface area (Å²) in [4.78, 5) is 16.3. The number of para-hydroxylation sites is 1. The number of carbonyl (C=O) groups is 1. The molecule has 7 heteroatoms. The van der Waals surface area contributed by atoms with Gasteiger partial charge in [0.15, 0.2) is 0 Å². The third kappa shape index (κ3) is 3.00. The predicted octanol–water partition coefficient (Wildman–Crippen LogP) is 4.40. The van der Waals surface area contributed by atoms with Crippen molar-refractivity contribution in [1.82, 2.24) is 15.2 Å². The first-order valence-corrected chi connectivity index (χ1v) is 8.85. The number of fused-ring (bicyclic) bond motifs is 1. The van der Waals surface area contributed by atoms with Crippen molar-refractivity contribution in [3.8, 4) is 17.2 Å². The Labute approximate surface area is 161 Å². The van der Waals surface area contributed by atoms with Gasteiger partial charge in [0.1, 0.15) is 5.75 Å². The Morgan fingerprint density at radius 2 is 1.96 bits per heavy atom. The van der Waals surface area contributed by atoms with Crippen molar-refractivity contribution < 1.29 is 13.9 Å². The highest BCUT2D eigenvalue weighted by Crippen LogP contribution is 2.31. The maximum absolute atomic E-state index is 13.0. The first-order chi connectivity index (χ1) is 13.5. The third-order valence-electron chi connectivity index (χ3n) is 4.81. The van der Waals surface area contributed by atoms with Crippen LogP contribution in [0.25, 0.3) is 22.4 Å². The highest BCUT2D eigenvalue weighted by atomic mass is 16.5. The molecular weight excluding hydrogens is 356 g/mol. The van der Waals surface area contributed by atoms with Gasteiger partial charge < -0.3 is 19.5 Å². The zero-order valence-electron chi connectivity index (χ0n) is 16.1. The molecule has 0 fully saturated rings. The SMILES string of the molecule is COc1ccc(-c2nnc(C)o2)cc1NC(=O)c1cccc2c(C)c(C)[nH]c12. The van der Waals surface area contributed by atoms with Crippen LogP contribution < -0.4 is 10.1 Å². The van der Waals surface area contributed by atoms with E-state index in [-0.39, 0.29) is 5.91 Å². The summed E-state index contributed by atoms with van der Waals surface area (Å²) in [6.07, 6.45) is 0. The van der Waals surface area contributed by atoms with Gasteiger partial charge in [-0.15, -0.1) is 10.2 Å². The van der Waals surface area contributed by atoms with E-state index in [0.717, 1.165) is 22.2 Å². The molecule has 4 aromatic rings. The van der Waals surface area contributed by atoms with E-state index in [1.807, 2.05) is 26.0 Å². The van der Waals surface area contributed by atoms with E-state index in [4.69, 9.17) is 9.15 Å². The fraction of sp³-hybridized carbons (Fsp3) is 0.190. The van der Waals surface area contributed by atoms with Gasteiger partial charge in [0, 0.05) is 23.6 Å². The number of aryl methyl sites for hydroxylation is 3. The summed E-state index contributed by atoms with van der Waals surface area (Å²) in [7, 11) is 1.56. The lowest BCUT2D eigenvalue weighted by atomic mass is 10.1. The summed E-state index contributed by atoms with van der Waals surface area (Å²) < 4.78 is 10.9. The predicted molar refractivity (Wildman–Crippen MR) is 107 cm³/mol. The van der Waals surface area contributed by atoms with Crippen LogP contribution in [0, 0.1) is 20.8 Å². The number of H-pyrrole nitrogens is 1. The molecule has 2 heterocycles. The molecule has 142 valence electrons. The smallest absolute Gasteiger partial charge is 0.257 e. The standard InChI is InChI=1S/C21H20N4O3/c1-11-12(2)22-19-15(11)6-5-7-16(19)20(26)23-17-10-14(8-9-18(17)27-4)21-25-24-13(3)28-21/h5-10,22H,1-4H3,(H,23,26). The van der Waals surface area contributed by atoms with Crippen LogP contribution in [-0.4, -0.2) is 28.2 Å². The van der Waals surface area contributed by atoms with Gasteiger partial charge >= 0.3 is 0 Å². The van der Waals surface area contributed by atoms with E-state index >= 15 is 0 Å². The molecule has 0 atom stereocenters. The Morgan fingerprint density at radius 3 is 2.68 bits per heavy atom. The lowest BCUT2D eigenvalue weighted by Crippen LogP contribution is -2.13. The van der Waals surface area contributed by atoms with Gasteiger partial charge in [-0.3, -0.25) is 4.79 Å². The summed E-state index contributed by atoms with van der Waals surface area (Å²) in [5.74, 6) is 1.16. The maximum atomic E-state index is 13.0. The average molecular weight is 376 g/mol. The van der Waals surface area contributed by atoms with E-state index < -0.39 is 0 Å². The van der Waals surface area contributed by atoms with Gasteiger partial charge in [0.25, 0.3) is 5.91 Å². The number of ether oxygens (including phenoxy) is 1. The van der Waals surface area contributed by atoms with Gasteiger partial charge in [0.05, 0.1) is 23.9 Å². The van der Waals surface area contributed by atoms with Crippen molar-refractivity contribution in [1.29, 1.82) is 0 Å². The molecule has 28 heavy (non-hydrogen) atoms. The Hall–Kier alpha value is -3.61. The summed E-state index contributed by atoms with van der Waals surface area (Å²) >= 11 is 0. The molecule has 0 radical (unpaired) electrons. The second-order valence-corrected chi connectivity index (χ2v) is 6.60. The van der Waals surface area contributed by atoms with Crippen LogP contribution in [0.3, 0.4) is 0 Å². The Balaban J connectivity index is 1.72. The van der Waals surface area contributed by atoms with Crippen LogP contribution in [0.5, 0.6) is 5.75 Å². The first-order valence-electron chi connectivity index (χ1n) is 8.85. The van der Waals surface area contributed by atoms with Crippen LogP contribution in [0.2, 0.25) is 0 Å². The summed E-state index contributed by atoms with van der Waals surface area (Å²) in [6, 6.07) is 11.0. The quantitative estimate of drug-likeness (QED) is 0.550. The molecule has 0 aliphatic carbocycles. The number of rotatable bonds is 4. The molecule has 1 amide bonds. The molecule has 0 saturated carbocycles. The summed E-state index contributed by atoms with van der Waals surface area (Å²) in [5.41, 5.74) is 4.78. The number of aromatic nitrogens is 3. The van der Waals surface area contributed by atoms with Gasteiger partial charge in [0.2, 0.25) is 11.8 Å². The molecule has 7 nitrogen and oxygen atoms in total. The topological polar surface area (TPSA) is 93.0 Å². The Morgan fingerprint density at radius 1 is 1.14 bits per heavy atom. The number of hydrogen-bond donors (Lipinski definition) is 2. The van der Waals surface area contributed by atoms with E-state index in [1.54, 1.807) is 38.3 Å². The van der Waals surface area contributed by atoms with Crippen LogP contribution >= 0.6 is 0 Å². The number of nitrogens with one attached hydrogen (secondary N) is 2. The highest BCUT2D eigenvalue weighted by molar-refractivity contribution is 6.13. The number of nitrogens with zero attached hydrogens (tertiary/aromatic N) is 2. The van der Waals surface area contributed by atoms with Gasteiger partial charge in [-0.25, -0.2) is 0 Å². The number of anilines is 1. The fourth-order valence-electron chi connectivity index (χ4n) is 3.21. The molecule has 2 aromatic heterocycles. The molecular formula is C21H20N4O3. The highest BCUT2D eigenvalue weighted by Gasteiger charge is 2.17. The van der Waals surface area contributed by atoms with Crippen LogP contribution in [-0.2, 0) is 0 Å². The van der Waals surface area contributed by atoms with Crippen molar-refractivity contribution in [2.24, 2.45) is 0 Å². The molecule has 0 aliphatic heterocycles. The first kappa shape index (κ1) is 17.8. The van der Waals surface area contributed by atoms with E-state index in [9.17, 15) is 4.79 Å². The van der Waals surface area contributed by atoms with E-state index in [0.29, 0.717) is 34.3 Å². The number of carbonyl (C=O) groups excluding carboxylic acids is 1. The van der Waals surface area contributed by atoms with Crippen LogP contribution in [0.15, 0.2) is 40.8 Å². The second kappa shape index (κ2) is 6.84. The number of benzene rings is 2. The zero-order chi connectivity index (χ0) is 19.8. The van der Waals surface area contributed by atoms with Gasteiger partial charge in [-0.1, -0.05) is 12.1 Å². The Bertz CT molecular complexity index is 1190. The molecule has 2 N–H and O–H groups in total. The van der Waals surface area contributed by atoms with Crippen molar-refractivity contribution in [3.05, 3.63) is 59.1 Å². The largest absolute Gasteiger partial charge is 0.495 e. The normalized spacial score (nSPS) is 11.0. The Kier molecular flexibility index (Phi) is 4.35. The zero-order valence-corrected chi connectivity index (χ0v) is 16.1. The summed E-state index contributed by atoms with van der Waals surface area (Å²) in [5, 5.41) is 11.9. The molecule has 0 aliphatic rings. The van der Waals surface area contributed by atoms with Crippen molar-refractivity contribution in [2.45, 2.75) is 20.8 Å². The monoisotopic (exact) mass is 376 g/mol. The molecule has 0 spiro atoms. The fourth-order valence-corrected chi connectivity index (χ4v) is 3.21. The van der Waals surface area contributed by atoms with Gasteiger partial charge in [-0.2, -0.15) is 0 Å². The average Bonchev–Trinajstić information content (AvgIpc) is 3.25. The second-order valence-electron chi connectivity index (χ2n) is 6.60. The van der Waals surface area contributed by atoms with Crippen molar-refractivity contribution in [3.63, 3.8) is 0 Å². The maximum Gasteiger partial charge on any atom is 0.257 e. The lowest BCUT2D eigenvalue weighted by molar-refractivity contribution is 0.102. The number of methoxy groups -OCH3 is 1. The lowest BCUT2D eigenvalue weighted by Gasteiger charge is -2.12. The van der Waals surface area contributed by atoms with Gasteiger partial charge in [-0.05, 0) is 43.7 Å².